The molecule has 18 heteroatoms. The van der Waals surface area contributed by atoms with Crippen LogP contribution in [0.15, 0.2) is 122 Å². The summed E-state index contributed by atoms with van der Waals surface area (Å²) in [4.78, 5) is 12.0. The predicted octanol–water partition coefficient (Wildman–Crippen LogP) is 6.19. The number of azo groups is 1. The van der Waals surface area contributed by atoms with Crippen molar-refractivity contribution in [2.75, 3.05) is 11.2 Å². The lowest BCUT2D eigenvalue weighted by molar-refractivity contribution is -0.427. The Labute approximate surface area is 273 Å². The van der Waals surface area contributed by atoms with Crippen molar-refractivity contribution in [1.29, 1.82) is 0 Å². The minimum atomic E-state index is -4.89. The Morgan fingerprint density at radius 3 is 1.83 bits per heavy atom. The number of hydrogen-bond donors (Lipinski definition) is 5. The van der Waals surface area contributed by atoms with Crippen molar-refractivity contribution < 1.29 is 43.8 Å². The standard InChI is InChI=1S/C30H23N5O10S3/c31-21-9-7-19(29(17-21)47(40,41)42)5-6-20-8-12-23(18-30(20)48(43,44)45)35(36)34-28-16-15-27(25-3-1-2-4-26(25)28)33-32-22-10-13-24(14-11-22)46(37,38)39/h1-18H,31H2,(H3-,34,36,37,38,39,40,41,42,43,44,45)/p+1/b6-5+. The van der Waals surface area contributed by atoms with Crippen LogP contribution in [0.25, 0.3) is 22.9 Å². The molecule has 0 saturated heterocycles. The number of hydrazine groups is 1. The average molecular weight is 711 g/mol. The van der Waals surface area contributed by atoms with Gasteiger partial charge in [-0.15, -0.1) is 10.5 Å². The Balaban J connectivity index is 1.44. The third kappa shape index (κ3) is 7.77. The van der Waals surface area contributed by atoms with Crippen LogP contribution in [0, 0.1) is 4.91 Å². The number of nitrogens with two attached hydrogens (primary N) is 1. The van der Waals surface area contributed by atoms with Crippen molar-refractivity contribution in [2.24, 2.45) is 10.2 Å². The molecule has 0 fully saturated rings. The smallest absolute Gasteiger partial charge is 0.295 e. The van der Waals surface area contributed by atoms with Gasteiger partial charge in [0.1, 0.15) is 15.5 Å². The average Bonchev–Trinajstić information content (AvgIpc) is 3.02. The van der Waals surface area contributed by atoms with Crippen molar-refractivity contribution >= 4 is 81.7 Å². The van der Waals surface area contributed by atoms with Crippen LogP contribution < -0.4 is 11.2 Å². The van der Waals surface area contributed by atoms with Gasteiger partial charge < -0.3 is 5.73 Å². The van der Waals surface area contributed by atoms with E-state index in [0.29, 0.717) is 27.8 Å². The first-order chi connectivity index (χ1) is 22.5. The van der Waals surface area contributed by atoms with E-state index in [0.717, 1.165) is 12.1 Å². The Hall–Kier alpha value is -5.37. The molecule has 0 unspecified atom stereocenters. The van der Waals surface area contributed by atoms with Gasteiger partial charge in [0.15, 0.2) is 4.87 Å². The summed E-state index contributed by atoms with van der Waals surface area (Å²) in [6.45, 7) is 0. The lowest BCUT2D eigenvalue weighted by Crippen LogP contribution is -2.12. The highest BCUT2D eigenvalue weighted by atomic mass is 32.2. The highest BCUT2D eigenvalue weighted by Gasteiger charge is 2.23. The SMILES string of the molecule is Nc1ccc(/C=C/c2ccc([N+](=O)Nc3ccc(N=Nc4ccc(S(=O)(=O)O)cc4)c4ccccc34)cc2S(=O)(=O)O)c(S(=O)(=O)O)c1. The van der Waals surface area contributed by atoms with Gasteiger partial charge in [0.2, 0.25) is 0 Å². The maximum absolute atomic E-state index is 13.2. The molecule has 246 valence electrons. The summed E-state index contributed by atoms with van der Waals surface area (Å²) in [6, 6.07) is 22.1. The number of rotatable bonds is 10. The van der Waals surface area contributed by atoms with Gasteiger partial charge in [-0.2, -0.15) is 30.4 Å². The number of nitrogens with one attached hydrogen (secondary N) is 1. The Kier molecular flexibility index (Phi) is 9.22. The van der Waals surface area contributed by atoms with Crippen LogP contribution in [-0.4, -0.2) is 43.8 Å². The van der Waals surface area contributed by atoms with E-state index in [2.05, 4.69) is 15.7 Å². The molecule has 0 heterocycles. The Bertz CT molecular complexity index is 2480. The number of nitroso groups, excluding NO2 is 1. The molecule has 0 aromatic heterocycles. The van der Waals surface area contributed by atoms with Crippen molar-refractivity contribution in [3.05, 3.63) is 113 Å². The molecule has 0 aliphatic rings. The fourth-order valence-corrected chi connectivity index (χ4v) is 6.44. The summed E-state index contributed by atoms with van der Waals surface area (Å²) >= 11 is 0. The van der Waals surface area contributed by atoms with E-state index in [9.17, 15) is 39.3 Å². The maximum atomic E-state index is 13.2. The van der Waals surface area contributed by atoms with Gasteiger partial charge in [-0.1, -0.05) is 42.5 Å². The highest BCUT2D eigenvalue weighted by molar-refractivity contribution is 7.86. The summed E-state index contributed by atoms with van der Waals surface area (Å²) in [6.07, 6.45) is 2.37. The number of anilines is 2. The second kappa shape index (κ2) is 13.0. The molecule has 48 heavy (non-hydrogen) atoms. The zero-order chi connectivity index (χ0) is 34.9. The summed E-state index contributed by atoms with van der Waals surface area (Å²) in [5.74, 6) is 0. The second-order valence-corrected chi connectivity index (χ2v) is 14.3. The zero-order valence-electron chi connectivity index (χ0n) is 24.2. The van der Waals surface area contributed by atoms with Crippen molar-refractivity contribution in [1.82, 2.24) is 0 Å². The summed E-state index contributed by atoms with van der Waals surface area (Å²) in [7, 11) is -13.9. The minimum Gasteiger partial charge on any atom is -0.399 e. The van der Waals surface area contributed by atoms with Crippen LogP contribution in [0.3, 0.4) is 0 Å². The molecule has 5 aromatic rings. The third-order valence-corrected chi connectivity index (χ3v) is 9.48. The molecule has 5 rings (SSSR count). The van der Waals surface area contributed by atoms with Gasteiger partial charge >= 0.3 is 0 Å². The fourth-order valence-electron chi connectivity index (χ4n) is 4.54. The lowest BCUT2D eigenvalue weighted by atomic mass is 10.1. The molecule has 0 amide bonds. The molecule has 0 aliphatic carbocycles. The number of fused-ring (bicyclic) bond motifs is 1. The van der Waals surface area contributed by atoms with Crippen molar-refractivity contribution in [3.8, 4) is 0 Å². The van der Waals surface area contributed by atoms with Crippen molar-refractivity contribution in [3.63, 3.8) is 0 Å². The molecule has 0 aliphatic heterocycles. The van der Waals surface area contributed by atoms with Gasteiger partial charge in [0.05, 0.1) is 21.2 Å². The van der Waals surface area contributed by atoms with Gasteiger partial charge in [-0.05, 0) is 65.7 Å². The quantitative estimate of drug-likeness (QED) is 0.0272. The summed E-state index contributed by atoms with van der Waals surface area (Å²) in [5, 5.41) is 9.43. The molecule has 6 N–H and O–H groups in total. The maximum Gasteiger partial charge on any atom is 0.295 e. The second-order valence-electron chi connectivity index (χ2n) is 10.1. The first-order valence-electron chi connectivity index (χ1n) is 13.4. The monoisotopic (exact) mass is 710 g/mol. The number of nitrogens with zero attached hydrogens (tertiary/aromatic N) is 3. The molecular weight excluding hydrogens is 687 g/mol. The normalized spacial score (nSPS) is 12.6. The van der Waals surface area contributed by atoms with E-state index in [4.69, 9.17) is 10.3 Å². The lowest BCUT2D eigenvalue weighted by Gasteiger charge is -2.07. The first kappa shape index (κ1) is 34.0. The van der Waals surface area contributed by atoms with Gasteiger partial charge in [0, 0.05) is 28.6 Å². The highest BCUT2D eigenvalue weighted by Crippen LogP contribution is 2.34. The van der Waals surface area contributed by atoms with E-state index >= 15 is 0 Å². The van der Waals surface area contributed by atoms with Gasteiger partial charge in [-0.3, -0.25) is 13.7 Å². The molecule has 0 bridgehead atoms. The largest absolute Gasteiger partial charge is 0.399 e. The summed E-state index contributed by atoms with van der Waals surface area (Å²) in [5.41, 5.74) is 8.98. The molecule has 15 nitrogen and oxygen atoms in total. The molecule has 0 atom stereocenters. The molecule has 0 saturated carbocycles. The van der Waals surface area contributed by atoms with Crippen LogP contribution in [0.5, 0.6) is 0 Å². The van der Waals surface area contributed by atoms with E-state index in [-0.39, 0.29) is 32.3 Å². The van der Waals surface area contributed by atoms with Crippen LogP contribution in [-0.2, 0) is 30.4 Å². The van der Waals surface area contributed by atoms with Gasteiger partial charge in [0.25, 0.3) is 36.0 Å². The topological polar surface area (TPSA) is 246 Å². The minimum absolute atomic E-state index is 0.0194. The zero-order valence-corrected chi connectivity index (χ0v) is 26.7. The van der Waals surface area contributed by atoms with E-state index in [1.807, 2.05) is 0 Å². The number of nitrogen functional groups attached to an aromatic ring is 1. The molecule has 0 radical (unpaired) electrons. The number of benzene rings is 5. The molecular formula is C30H24N5O10S3+. The predicted molar refractivity (Wildman–Crippen MR) is 177 cm³/mol. The van der Waals surface area contributed by atoms with E-state index < -0.39 is 40.1 Å². The Morgan fingerprint density at radius 2 is 1.23 bits per heavy atom. The molecule has 5 aromatic carbocycles. The van der Waals surface area contributed by atoms with Crippen LogP contribution in [0.2, 0.25) is 0 Å². The fraction of sp³-hybridized carbons (Fsp3) is 0. The van der Waals surface area contributed by atoms with Crippen LogP contribution >= 0.6 is 0 Å². The van der Waals surface area contributed by atoms with E-state index in [1.165, 1.54) is 66.7 Å². The Morgan fingerprint density at radius 1 is 0.646 bits per heavy atom. The number of hydrogen-bond acceptors (Lipinski definition) is 10. The van der Waals surface area contributed by atoms with Crippen molar-refractivity contribution in [2.45, 2.75) is 14.7 Å². The van der Waals surface area contributed by atoms with Crippen LogP contribution in [0.1, 0.15) is 11.1 Å². The van der Waals surface area contributed by atoms with Crippen LogP contribution in [0.4, 0.5) is 28.4 Å². The first-order valence-corrected chi connectivity index (χ1v) is 17.7. The third-order valence-electron chi connectivity index (χ3n) is 6.80. The summed E-state index contributed by atoms with van der Waals surface area (Å²) < 4.78 is 99.3. The van der Waals surface area contributed by atoms with E-state index in [1.54, 1.807) is 30.3 Å². The van der Waals surface area contributed by atoms with Gasteiger partial charge in [-0.25, -0.2) is 0 Å². The molecule has 0 spiro atoms.